The van der Waals surface area contributed by atoms with Crippen molar-refractivity contribution in [3.05, 3.63) is 57.1 Å². The van der Waals surface area contributed by atoms with Gasteiger partial charge in [0.25, 0.3) is 5.91 Å². The number of phenolic OH excluding ortho intramolecular Hbond substituents is 1. The number of nitrogens with one attached hydrogen (secondary N) is 1. The summed E-state index contributed by atoms with van der Waals surface area (Å²) in [5, 5.41) is 14.1. The molecular formula is C27H31ClF3N3O5S. The van der Waals surface area contributed by atoms with Gasteiger partial charge in [0, 0.05) is 48.6 Å². The average molecular weight is 602 g/mol. The molecule has 0 saturated carbocycles. The van der Waals surface area contributed by atoms with Gasteiger partial charge in [-0.05, 0) is 43.7 Å². The molecule has 2 atom stereocenters. The van der Waals surface area contributed by atoms with Gasteiger partial charge in [0.05, 0.1) is 48.8 Å². The number of alkyl halides is 3. The molecule has 2 aliphatic rings. The summed E-state index contributed by atoms with van der Waals surface area (Å²) in [4.78, 5) is 19.8. The van der Waals surface area contributed by atoms with Crippen molar-refractivity contribution in [3.8, 4) is 5.75 Å². The van der Waals surface area contributed by atoms with Gasteiger partial charge >= 0.3 is 6.18 Å². The summed E-state index contributed by atoms with van der Waals surface area (Å²) >= 11 is 7.39. The van der Waals surface area contributed by atoms with Crippen molar-refractivity contribution in [1.82, 2.24) is 10.2 Å². The first kappa shape index (κ1) is 30.6. The first-order valence-corrected chi connectivity index (χ1v) is 14.0. The largest absolute Gasteiger partial charge is 0.507 e. The summed E-state index contributed by atoms with van der Waals surface area (Å²) < 4.78 is 56.7. The fourth-order valence-corrected chi connectivity index (χ4v) is 5.80. The number of carbonyl (C=O) groups is 1. The van der Waals surface area contributed by atoms with Crippen LogP contribution in [0.4, 0.5) is 18.9 Å². The lowest BCUT2D eigenvalue weighted by atomic mass is 10.0. The highest BCUT2D eigenvalue weighted by Gasteiger charge is 2.33. The van der Waals surface area contributed by atoms with Gasteiger partial charge in [-0.1, -0.05) is 23.4 Å². The van der Waals surface area contributed by atoms with E-state index in [1.54, 1.807) is 6.07 Å². The van der Waals surface area contributed by atoms with E-state index in [4.69, 9.17) is 25.8 Å². The lowest BCUT2D eigenvalue weighted by Crippen LogP contribution is -2.44. The number of amides is 1. The molecule has 0 aromatic heterocycles. The van der Waals surface area contributed by atoms with E-state index in [-0.39, 0.29) is 64.8 Å². The molecular weight excluding hydrogens is 571 g/mol. The number of hydrogen-bond acceptors (Lipinski definition) is 8. The van der Waals surface area contributed by atoms with Crippen molar-refractivity contribution in [1.29, 1.82) is 0 Å². The van der Waals surface area contributed by atoms with Crippen LogP contribution in [0.5, 0.6) is 5.75 Å². The maximum Gasteiger partial charge on any atom is 0.416 e. The Morgan fingerprint density at radius 2 is 1.93 bits per heavy atom. The number of aromatic hydroxyl groups is 1. The minimum Gasteiger partial charge on any atom is -0.507 e. The third kappa shape index (κ3) is 7.68. The molecule has 2 aromatic carbocycles. The lowest BCUT2D eigenvalue weighted by Gasteiger charge is -2.35. The number of aliphatic imine (C=N–C) groups is 1. The van der Waals surface area contributed by atoms with E-state index < -0.39 is 17.6 Å². The van der Waals surface area contributed by atoms with Gasteiger partial charge in [-0.2, -0.15) is 13.2 Å². The Labute approximate surface area is 239 Å². The van der Waals surface area contributed by atoms with Gasteiger partial charge in [0.2, 0.25) is 0 Å². The molecule has 218 valence electrons. The first-order chi connectivity index (χ1) is 18.9. The van der Waals surface area contributed by atoms with Crippen molar-refractivity contribution < 1.29 is 37.3 Å². The Kier molecular flexibility index (Phi) is 10.0. The van der Waals surface area contributed by atoms with Crippen molar-refractivity contribution >= 4 is 40.1 Å². The Morgan fingerprint density at radius 3 is 2.60 bits per heavy atom. The van der Waals surface area contributed by atoms with Crippen LogP contribution in [0.1, 0.15) is 46.5 Å². The molecule has 4 rings (SSSR count). The summed E-state index contributed by atoms with van der Waals surface area (Å²) in [6.07, 6.45) is -4.47. The molecule has 1 saturated heterocycles. The van der Waals surface area contributed by atoms with Crippen LogP contribution >= 0.6 is 23.4 Å². The summed E-state index contributed by atoms with van der Waals surface area (Å²) in [7, 11) is 1.50. The van der Waals surface area contributed by atoms with Crippen molar-refractivity contribution in [2.45, 2.75) is 51.1 Å². The predicted molar refractivity (Wildman–Crippen MR) is 147 cm³/mol. The number of thioether (sulfide) groups is 1. The minimum atomic E-state index is -4.53. The molecule has 1 unspecified atom stereocenters. The second kappa shape index (κ2) is 13.1. The fourth-order valence-electron chi connectivity index (χ4n) is 4.72. The van der Waals surface area contributed by atoms with E-state index in [0.717, 1.165) is 23.9 Å². The molecule has 13 heteroatoms. The van der Waals surface area contributed by atoms with Crippen LogP contribution in [0.25, 0.3) is 0 Å². The number of ether oxygens (including phenoxy) is 3. The van der Waals surface area contributed by atoms with Gasteiger partial charge < -0.3 is 24.6 Å². The number of rotatable bonds is 8. The van der Waals surface area contributed by atoms with Gasteiger partial charge in [-0.3, -0.25) is 9.69 Å². The van der Waals surface area contributed by atoms with Crippen LogP contribution < -0.4 is 5.32 Å². The Bertz CT molecular complexity index is 1270. The Morgan fingerprint density at radius 1 is 1.20 bits per heavy atom. The molecule has 2 heterocycles. The maximum absolute atomic E-state index is 13.5. The zero-order valence-electron chi connectivity index (χ0n) is 22.3. The summed E-state index contributed by atoms with van der Waals surface area (Å²) in [6.45, 7) is 6.03. The molecule has 0 bridgehead atoms. The number of carbonyl (C=O) groups excluding carboxylic acids is 1. The smallest absolute Gasteiger partial charge is 0.416 e. The number of fused-ring (bicyclic) bond motifs is 1. The number of morpholine rings is 1. The molecule has 2 aliphatic heterocycles. The van der Waals surface area contributed by atoms with Gasteiger partial charge in [-0.15, -0.1) is 0 Å². The van der Waals surface area contributed by atoms with Crippen LogP contribution in [-0.2, 0) is 39.3 Å². The van der Waals surface area contributed by atoms with Crippen LogP contribution in [0.2, 0.25) is 5.02 Å². The highest BCUT2D eigenvalue weighted by Crippen LogP contribution is 2.40. The average Bonchev–Trinajstić information content (AvgIpc) is 2.87. The summed E-state index contributed by atoms with van der Waals surface area (Å²) in [6, 6.07) is 5.06. The molecule has 2 aromatic rings. The fraction of sp³-hybridized carbons (Fsp3) is 0.481. The number of nitrogens with zero attached hydrogens (tertiary/aromatic N) is 2. The third-order valence-corrected chi connectivity index (χ3v) is 7.51. The quantitative estimate of drug-likeness (QED) is 0.386. The number of phenols is 1. The van der Waals surface area contributed by atoms with E-state index in [2.05, 4.69) is 15.2 Å². The van der Waals surface area contributed by atoms with E-state index in [0.29, 0.717) is 36.4 Å². The minimum absolute atomic E-state index is 0.0264. The molecule has 1 amide bonds. The molecule has 0 spiro atoms. The number of amidine groups is 1. The molecule has 8 nitrogen and oxygen atoms in total. The zero-order chi connectivity index (χ0) is 29.0. The number of halogens is 4. The predicted octanol–water partition coefficient (Wildman–Crippen LogP) is 5.50. The van der Waals surface area contributed by atoms with Crippen molar-refractivity contribution in [2.24, 2.45) is 4.99 Å². The second-order valence-corrected chi connectivity index (χ2v) is 11.2. The van der Waals surface area contributed by atoms with E-state index in [1.807, 2.05) is 13.8 Å². The molecule has 40 heavy (non-hydrogen) atoms. The topological polar surface area (TPSA) is 92.6 Å². The standard InChI is InChI=1S/C27H31ClF3N3O5S/c1-15-10-34(11-16(2)39-15)12-17-8-21(28)9-22(24(17)35)25(36)33-26-32-23-18(13-38-5-4-37-3)6-20(27(29,30)31)7-19(23)14-40-26/h6-9,15-16,35H,4-5,10-14H2,1-3H3,(H,32,33,36)/t15-,16?/m0/s1. The Balaban J connectivity index is 1.56. The summed E-state index contributed by atoms with van der Waals surface area (Å²) in [5.41, 5.74) is 0.616. The van der Waals surface area contributed by atoms with Gasteiger partial charge in [0.1, 0.15) is 5.75 Å². The second-order valence-electron chi connectivity index (χ2n) is 9.76. The normalized spacial score (nSPS) is 19.7. The molecule has 1 fully saturated rings. The summed E-state index contributed by atoms with van der Waals surface area (Å²) in [5.74, 6) is -0.675. The molecule has 0 aliphatic carbocycles. The SMILES string of the molecule is COCCOCc1cc(C(F)(F)F)cc2c1N=C(NC(=O)c1cc(Cl)cc(CN3CC(C)O[C@@H](C)C3)c1O)SC2. The molecule has 0 radical (unpaired) electrons. The maximum atomic E-state index is 13.5. The van der Waals surface area contributed by atoms with Gasteiger partial charge in [-0.25, -0.2) is 4.99 Å². The van der Waals surface area contributed by atoms with Gasteiger partial charge in [0.15, 0.2) is 5.17 Å². The third-order valence-electron chi connectivity index (χ3n) is 6.37. The van der Waals surface area contributed by atoms with Crippen LogP contribution in [-0.4, -0.2) is 66.7 Å². The number of benzene rings is 2. The highest BCUT2D eigenvalue weighted by molar-refractivity contribution is 8.13. The van der Waals surface area contributed by atoms with Crippen LogP contribution in [0.15, 0.2) is 29.3 Å². The van der Waals surface area contributed by atoms with E-state index in [9.17, 15) is 23.1 Å². The number of hydrogen-bond donors (Lipinski definition) is 2. The first-order valence-electron chi connectivity index (χ1n) is 12.7. The van der Waals surface area contributed by atoms with E-state index in [1.165, 1.54) is 13.2 Å². The van der Waals surface area contributed by atoms with Crippen LogP contribution in [0.3, 0.4) is 0 Å². The van der Waals surface area contributed by atoms with Crippen molar-refractivity contribution in [2.75, 3.05) is 33.4 Å². The monoisotopic (exact) mass is 601 g/mol. The van der Waals surface area contributed by atoms with Crippen LogP contribution in [0, 0.1) is 0 Å². The molecule has 2 N–H and O–H groups in total. The van der Waals surface area contributed by atoms with E-state index >= 15 is 0 Å². The lowest BCUT2D eigenvalue weighted by molar-refractivity contribution is -0.137. The zero-order valence-corrected chi connectivity index (χ0v) is 23.9. The number of methoxy groups -OCH3 is 1. The Hall–Kier alpha value is -2.35. The van der Waals surface area contributed by atoms with Crippen molar-refractivity contribution in [3.63, 3.8) is 0 Å². The highest BCUT2D eigenvalue weighted by atomic mass is 35.5.